The molecule has 9 nitrogen and oxygen atoms in total. The topological polar surface area (TPSA) is 116 Å². The number of nitrogens with zero attached hydrogens (tertiary/aromatic N) is 3. The van der Waals surface area contributed by atoms with Crippen molar-refractivity contribution in [3.05, 3.63) is 94.0 Å². The second-order valence-electron chi connectivity index (χ2n) is 8.73. The Hall–Kier alpha value is -4.58. The van der Waals surface area contributed by atoms with Crippen molar-refractivity contribution in [1.29, 1.82) is 0 Å². The number of benzene rings is 3. The van der Waals surface area contributed by atoms with Crippen LogP contribution in [0, 0.1) is 0 Å². The van der Waals surface area contributed by atoms with Crippen LogP contribution >= 0.6 is 11.6 Å². The summed E-state index contributed by atoms with van der Waals surface area (Å²) in [4.78, 5) is 46.3. The van der Waals surface area contributed by atoms with Gasteiger partial charge in [-0.05, 0) is 35.9 Å². The van der Waals surface area contributed by atoms with Gasteiger partial charge in [0.15, 0.2) is 0 Å². The number of hydrogen-bond donors (Lipinski definition) is 2. The smallest absolute Gasteiger partial charge is 0.465 e. The first kappa shape index (κ1) is 26.0. The van der Waals surface area contributed by atoms with Crippen molar-refractivity contribution in [3.63, 3.8) is 0 Å². The molecule has 5 rings (SSSR count). The molecular formula is C26H18ClF3N4O5. The van der Waals surface area contributed by atoms with E-state index in [1.165, 1.54) is 43.4 Å². The van der Waals surface area contributed by atoms with Gasteiger partial charge >= 0.3 is 18.2 Å². The van der Waals surface area contributed by atoms with Crippen LogP contribution in [0.3, 0.4) is 0 Å². The normalized spacial score (nSPS) is 16.8. The van der Waals surface area contributed by atoms with Gasteiger partial charge in [-0.3, -0.25) is 14.6 Å². The fraction of sp³-hybridized carbons (Fsp3) is 0.154. The molecular weight excluding hydrogens is 541 g/mol. The van der Waals surface area contributed by atoms with Crippen molar-refractivity contribution in [2.45, 2.75) is 18.4 Å². The highest BCUT2D eigenvalue weighted by Crippen LogP contribution is 2.47. The predicted octanol–water partition coefficient (Wildman–Crippen LogP) is 5.29. The molecule has 1 unspecified atom stereocenters. The Morgan fingerprint density at radius 3 is 2.56 bits per heavy atom. The van der Waals surface area contributed by atoms with Crippen LogP contribution in [0.15, 0.2) is 66.7 Å². The summed E-state index contributed by atoms with van der Waals surface area (Å²) < 4.78 is 46.1. The summed E-state index contributed by atoms with van der Waals surface area (Å²) in [5, 5.41) is 9.62. The molecule has 2 N–H and O–H groups in total. The summed E-state index contributed by atoms with van der Waals surface area (Å²) in [6, 6.07) is 16.4. The van der Waals surface area contributed by atoms with E-state index in [1.807, 2.05) is 0 Å². The van der Waals surface area contributed by atoms with E-state index < -0.39 is 29.9 Å². The van der Waals surface area contributed by atoms with Gasteiger partial charge in [-0.1, -0.05) is 48.0 Å². The molecule has 0 fully saturated rings. The Morgan fingerprint density at radius 1 is 1.13 bits per heavy atom. The molecule has 1 aliphatic heterocycles. The molecule has 0 saturated heterocycles. The number of esters is 1. The Kier molecular flexibility index (Phi) is 6.22. The van der Waals surface area contributed by atoms with E-state index in [2.05, 4.69) is 9.97 Å². The zero-order valence-corrected chi connectivity index (χ0v) is 20.7. The minimum Gasteiger partial charge on any atom is -0.465 e. The van der Waals surface area contributed by atoms with Crippen LogP contribution in [0.2, 0.25) is 5.02 Å². The summed E-state index contributed by atoms with van der Waals surface area (Å²) in [6.45, 7) is -0.259. The van der Waals surface area contributed by atoms with Gasteiger partial charge < -0.3 is 14.8 Å². The van der Waals surface area contributed by atoms with Crippen LogP contribution < -0.4 is 4.90 Å². The molecule has 2 amide bonds. The van der Waals surface area contributed by atoms with Crippen molar-refractivity contribution in [1.82, 2.24) is 14.9 Å². The average molecular weight is 559 g/mol. The number of carbonyl (C=O) groups is 3. The molecule has 39 heavy (non-hydrogen) atoms. The van der Waals surface area contributed by atoms with Crippen molar-refractivity contribution in [2.75, 3.05) is 11.9 Å². The maximum Gasteiger partial charge on any atom is 0.491 e. The lowest BCUT2D eigenvalue weighted by atomic mass is 9.92. The summed E-state index contributed by atoms with van der Waals surface area (Å²) in [5.41, 5.74) is -1.29. The Balaban J connectivity index is 1.75. The zero-order valence-electron chi connectivity index (χ0n) is 20.0. The highest BCUT2D eigenvalue weighted by Gasteiger charge is 2.57. The van der Waals surface area contributed by atoms with Crippen LogP contribution in [0.5, 0.6) is 0 Å². The average Bonchev–Trinajstić information content (AvgIpc) is 3.41. The number of aromatic nitrogens is 2. The van der Waals surface area contributed by atoms with Gasteiger partial charge in [0.25, 0.3) is 5.91 Å². The molecule has 4 aromatic rings. The first-order valence-corrected chi connectivity index (χ1v) is 11.7. The van der Waals surface area contributed by atoms with Crippen molar-refractivity contribution in [2.24, 2.45) is 0 Å². The highest BCUT2D eigenvalue weighted by molar-refractivity contribution is 6.30. The first-order valence-electron chi connectivity index (χ1n) is 11.3. The van der Waals surface area contributed by atoms with E-state index >= 15 is 0 Å². The number of ether oxygens (including phenoxy) is 1. The standard InChI is InChI=1S/C26H18ClF3N4O5/c1-33(24(37)38)23-31-19-10-9-15(12-20(19)32-23)25(39-22(36)26(28,29)30)18-8-3-2-7-17(18)21(35)34(25)13-14-5-4-6-16(27)11-14/h2-12H,13H2,1H3,(H,31,32)(H,37,38). The second-order valence-corrected chi connectivity index (χ2v) is 9.17. The van der Waals surface area contributed by atoms with E-state index in [0.717, 1.165) is 9.80 Å². The number of H-pyrrole nitrogens is 1. The predicted molar refractivity (Wildman–Crippen MR) is 133 cm³/mol. The van der Waals surface area contributed by atoms with E-state index in [-0.39, 0.29) is 34.7 Å². The molecule has 1 aliphatic rings. The summed E-state index contributed by atoms with van der Waals surface area (Å²) in [7, 11) is 1.26. The molecule has 0 saturated carbocycles. The number of alkyl halides is 3. The lowest BCUT2D eigenvalue weighted by molar-refractivity contribution is -0.222. The van der Waals surface area contributed by atoms with Crippen molar-refractivity contribution in [3.8, 4) is 0 Å². The SMILES string of the molecule is CN(C(=O)O)c1nc2cc(C3(OC(=O)C(F)(F)F)c4ccccc4C(=O)N3Cc3cccc(Cl)c3)ccc2[nH]1. The fourth-order valence-electron chi connectivity index (χ4n) is 4.52. The third kappa shape index (κ3) is 4.42. The maximum atomic E-state index is 13.7. The lowest BCUT2D eigenvalue weighted by Crippen LogP contribution is -2.49. The number of hydrogen-bond acceptors (Lipinski definition) is 5. The number of nitrogens with one attached hydrogen (secondary N) is 1. The van der Waals surface area contributed by atoms with Gasteiger partial charge in [0.2, 0.25) is 11.7 Å². The highest BCUT2D eigenvalue weighted by atomic mass is 35.5. The number of rotatable bonds is 5. The Morgan fingerprint density at radius 2 is 1.87 bits per heavy atom. The quantitative estimate of drug-likeness (QED) is 0.321. The molecule has 0 aliphatic carbocycles. The minimum atomic E-state index is -5.37. The molecule has 0 spiro atoms. The molecule has 1 aromatic heterocycles. The van der Waals surface area contributed by atoms with Gasteiger partial charge in [-0.25, -0.2) is 14.6 Å². The van der Waals surface area contributed by atoms with Crippen molar-refractivity contribution < 1.29 is 37.4 Å². The molecule has 0 bridgehead atoms. The van der Waals surface area contributed by atoms with E-state index in [1.54, 1.807) is 30.3 Å². The third-order valence-electron chi connectivity index (χ3n) is 6.32. The van der Waals surface area contributed by atoms with Gasteiger partial charge in [-0.2, -0.15) is 13.2 Å². The van der Waals surface area contributed by atoms with Crippen LogP contribution in [-0.4, -0.2) is 51.2 Å². The number of amides is 2. The minimum absolute atomic E-state index is 0.0102. The number of halogens is 4. The Bertz CT molecular complexity index is 1640. The van der Waals surface area contributed by atoms with E-state index in [0.29, 0.717) is 16.1 Å². The van der Waals surface area contributed by atoms with Gasteiger partial charge in [-0.15, -0.1) is 0 Å². The summed E-state index contributed by atoms with van der Waals surface area (Å²) >= 11 is 6.11. The summed E-state index contributed by atoms with van der Waals surface area (Å²) in [5.74, 6) is -3.22. The number of aromatic amines is 1. The van der Waals surface area contributed by atoms with E-state index in [4.69, 9.17) is 16.3 Å². The first-order chi connectivity index (χ1) is 18.4. The molecule has 3 aromatic carbocycles. The molecule has 2 heterocycles. The van der Waals surface area contributed by atoms with E-state index in [9.17, 15) is 32.7 Å². The number of carbonyl (C=O) groups excluding carboxylic acids is 2. The third-order valence-corrected chi connectivity index (χ3v) is 6.55. The van der Waals surface area contributed by atoms with Crippen LogP contribution in [0.4, 0.5) is 23.9 Å². The van der Waals surface area contributed by atoms with Gasteiger partial charge in [0, 0.05) is 28.8 Å². The largest absolute Gasteiger partial charge is 0.491 e. The van der Waals surface area contributed by atoms with Gasteiger partial charge in [0.05, 0.1) is 17.6 Å². The second kappa shape index (κ2) is 9.31. The van der Waals surface area contributed by atoms with Crippen molar-refractivity contribution >= 4 is 46.6 Å². The number of anilines is 1. The summed E-state index contributed by atoms with van der Waals surface area (Å²) in [6.07, 6.45) is -6.67. The number of fused-ring (bicyclic) bond motifs is 2. The van der Waals surface area contributed by atoms with Gasteiger partial charge in [0.1, 0.15) is 0 Å². The lowest BCUT2D eigenvalue weighted by Gasteiger charge is -2.39. The number of imidazole rings is 1. The Labute approximate surface area is 223 Å². The van der Waals surface area contributed by atoms with Crippen LogP contribution in [0.25, 0.3) is 11.0 Å². The number of carboxylic acid groups (broad SMARTS) is 1. The molecule has 13 heteroatoms. The molecule has 1 atom stereocenters. The maximum absolute atomic E-state index is 13.7. The fourth-order valence-corrected chi connectivity index (χ4v) is 4.74. The van der Waals surface area contributed by atoms with Crippen LogP contribution in [0.1, 0.15) is 27.0 Å². The molecule has 200 valence electrons. The monoisotopic (exact) mass is 558 g/mol. The zero-order chi connectivity index (χ0) is 28.1. The molecule has 0 radical (unpaired) electrons. The van der Waals surface area contributed by atoms with Crippen LogP contribution in [-0.2, 0) is 21.8 Å².